The molecule has 0 N–H and O–H groups in total. The highest BCUT2D eigenvalue weighted by atomic mass is 79.9. The second-order valence-electron chi connectivity index (χ2n) is 7.77. The zero-order chi connectivity index (χ0) is 25.1. The largest absolute Gasteiger partial charge is 0.493 e. The van der Waals surface area contributed by atoms with Crippen molar-refractivity contribution in [1.29, 1.82) is 0 Å². The van der Waals surface area contributed by atoms with E-state index in [0.717, 1.165) is 21.9 Å². The summed E-state index contributed by atoms with van der Waals surface area (Å²) in [5, 5.41) is 1.78. The number of amides is 1. The van der Waals surface area contributed by atoms with Crippen LogP contribution in [0.15, 0.2) is 71.2 Å². The van der Waals surface area contributed by atoms with Gasteiger partial charge in [0.15, 0.2) is 23.0 Å². The van der Waals surface area contributed by atoms with Gasteiger partial charge in [0.2, 0.25) is 0 Å². The molecule has 0 fully saturated rings. The van der Waals surface area contributed by atoms with Crippen molar-refractivity contribution in [2.45, 2.75) is 0 Å². The van der Waals surface area contributed by atoms with E-state index >= 15 is 0 Å². The Morgan fingerprint density at radius 2 is 1.37 bits per heavy atom. The number of rotatable bonds is 7. The van der Waals surface area contributed by atoms with Crippen molar-refractivity contribution in [3.05, 3.63) is 76.8 Å². The van der Waals surface area contributed by atoms with Gasteiger partial charge in [-0.2, -0.15) is 0 Å². The van der Waals surface area contributed by atoms with Crippen molar-refractivity contribution in [3.8, 4) is 34.1 Å². The van der Waals surface area contributed by atoms with Crippen molar-refractivity contribution in [1.82, 2.24) is 0 Å². The van der Waals surface area contributed by atoms with Gasteiger partial charge in [0, 0.05) is 16.9 Å². The first kappa shape index (κ1) is 24.4. The fraction of sp³-hybridized carbons (Fsp3) is 0.179. The third kappa shape index (κ3) is 4.39. The van der Waals surface area contributed by atoms with Crippen LogP contribution in [0.1, 0.15) is 10.4 Å². The van der Waals surface area contributed by atoms with E-state index in [2.05, 4.69) is 28.1 Å². The van der Waals surface area contributed by atoms with E-state index in [9.17, 15) is 4.79 Å². The summed E-state index contributed by atoms with van der Waals surface area (Å²) in [6, 6.07) is 21.4. The molecular formula is C28H26BrNO5. The topological polar surface area (TPSA) is 57.2 Å². The van der Waals surface area contributed by atoms with Gasteiger partial charge >= 0.3 is 0 Å². The smallest absolute Gasteiger partial charge is 0.263 e. The molecule has 0 aromatic heterocycles. The van der Waals surface area contributed by atoms with Crippen LogP contribution in [0.4, 0.5) is 5.69 Å². The Morgan fingerprint density at radius 3 is 1.97 bits per heavy atom. The summed E-state index contributed by atoms with van der Waals surface area (Å²) in [5.74, 6) is 1.77. The summed E-state index contributed by atoms with van der Waals surface area (Å²) in [6.07, 6.45) is 0. The van der Waals surface area contributed by atoms with Crippen LogP contribution in [0, 0.1) is 0 Å². The van der Waals surface area contributed by atoms with Gasteiger partial charge in [-0.3, -0.25) is 4.79 Å². The van der Waals surface area contributed by atoms with E-state index in [-0.39, 0.29) is 5.91 Å². The summed E-state index contributed by atoms with van der Waals surface area (Å²) in [5.41, 5.74) is 3.16. The van der Waals surface area contributed by atoms with Crippen LogP contribution in [0.3, 0.4) is 0 Å². The molecule has 0 unspecified atom stereocenters. The Morgan fingerprint density at radius 1 is 0.743 bits per heavy atom. The highest BCUT2D eigenvalue weighted by Crippen LogP contribution is 2.43. The quantitative estimate of drug-likeness (QED) is 0.267. The molecule has 180 valence electrons. The predicted octanol–water partition coefficient (Wildman–Crippen LogP) is 6.58. The molecule has 4 aromatic rings. The number of anilines is 1. The lowest BCUT2D eigenvalue weighted by atomic mass is 9.96. The van der Waals surface area contributed by atoms with Gasteiger partial charge in [-0.15, -0.1) is 0 Å². The van der Waals surface area contributed by atoms with E-state index in [4.69, 9.17) is 18.9 Å². The average molecular weight is 536 g/mol. The lowest BCUT2D eigenvalue weighted by Gasteiger charge is -2.24. The standard InChI is InChI=1S/C28H26BrNO5/c1-30(28(31)26-21(29)12-14-23(32-2)27(26)35-5)22-13-11-18(17-9-7-6-8-10-17)19-15-24(33-3)25(34-4)16-20(19)22/h6-16H,1-5H3. The van der Waals surface area contributed by atoms with Gasteiger partial charge in [0.25, 0.3) is 5.91 Å². The van der Waals surface area contributed by atoms with Gasteiger partial charge in [0.05, 0.1) is 39.7 Å². The Kier molecular flexibility index (Phi) is 7.17. The number of nitrogens with zero attached hydrogens (tertiary/aromatic N) is 1. The second kappa shape index (κ2) is 10.3. The maximum Gasteiger partial charge on any atom is 0.263 e. The third-order valence-electron chi connectivity index (χ3n) is 5.96. The van der Waals surface area contributed by atoms with Gasteiger partial charge in [0.1, 0.15) is 0 Å². The maximum atomic E-state index is 13.8. The minimum atomic E-state index is -0.254. The monoisotopic (exact) mass is 535 g/mol. The summed E-state index contributed by atoms with van der Waals surface area (Å²) in [6.45, 7) is 0. The summed E-state index contributed by atoms with van der Waals surface area (Å²) < 4.78 is 22.7. The van der Waals surface area contributed by atoms with Crippen LogP contribution in [0.2, 0.25) is 0 Å². The first-order chi connectivity index (χ1) is 16.9. The maximum absolute atomic E-state index is 13.8. The molecule has 6 nitrogen and oxygen atoms in total. The van der Waals surface area contributed by atoms with Crippen molar-refractivity contribution < 1.29 is 23.7 Å². The molecule has 4 rings (SSSR count). The molecule has 7 heteroatoms. The van der Waals surface area contributed by atoms with Crippen LogP contribution in [0.5, 0.6) is 23.0 Å². The molecule has 0 saturated carbocycles. The third-order valence-corrected chi connectivity index (χ3v) is 6.62. The van der Waals surface area contributed by atoms with Crippen LogP contribution >= 0.6 is 15.9 Å². The van der Waals surface area contributed by atoms with E-state index < -0.39 is 0 Å². The normalized spacial score (nSPS) is 10.7. The molecule has 0 radical (unpaired) electrons. The SMILES string of the molecule is COc1cc2c(-c3ccccc3)ccc(N(C)C(=O)c3c(Br)ccc(OC)c3OC)c2cc1OC. The van der Waals surface area contributed by atoms with Crippen molar-refractivity contribution in [2.75, 3.05) is 40.4 Å². The number of methoxy groups -OCH3 is 4. The summed E-state index contributed by atoms with van der Waals surface area (Å²) in [7, 11) is 8.00. The number of hydrogen-bond donors (Lipinski definition) is 0. The van der Waals surface area contributed by atoms with Crippen LogP contribution in [-0.4, -0.2) is 41.4 Å². The molecule has 0 aliphatic rings. The fourth-order valence-corrected chi connectivity index (χ4v) is 4.68. The number of ether oxygens (including phenoxy) is 4. The summed E-state index contributed by atoms with van der Waals surface area (Å²) in [4.78, 5) is 15.4. The predicted molar refractivity (Wildman–Crippen MR) is 142 cm³/mol. The Hall–Kier alpha value is -3.71. The highest BCUT2D eigenvalue weighted by Gasteiger charge is 2.26. The lowest BCUT2D eigenvalue weighted by Crippen LogP contribution is -2.27. The first-order valence-electron chi connectivity index (χ1n) is 10.9. The number of carbonyl (C=O) groups is 1. The van der Waals surface area contributed by atoms with Gasteiger partial charge in [-0.05, 0) is 62.8 Å². The van der Waals surface area contributed by atoms with Crippen molar-refractivity contribution >= 4 is 38.3 Å². The van der Waals surface area contributed by atoms with Crippen LogP contribution in [-0.2, 0) is 0 Å². The molecule has 0 heterocycles. The van der Waals surface area contributed by atoms with Gasteiger partial charge in [-0.25, -0.2) is 0 Å². The molecule has 0 atom stereocenters. The second-order valence-corrected chi connectivity index (χ2v) is 8.63. The zero-order valence-corrected chi connectivity index (χ0v) is 21.8. The number of fused-ring (bicyclic) bond motifs is 1. The van der Waals surface area contributed by atoms with Gasteiger partial charge in [-0.1, -0.05) is 36.4 Å². The first-order valence-corrected chi connectivity index (χ1v) is 11.7. The van der Waals surface area contributed by atoms with Crippen LogP contribution in [0.25, 0.3) is 21.9 Å². The summed E-state index contributed by atoms with van der Waals surface area (Å²) >= 11 is 3.51. The van der Waals surface area contributed by atoms with Crippen LogP contribution < -0.4 is 23.8 Å². The van der Waals surface area contributed by atoms with E-state index in [1.54, 1.807) is 45.4 Å². The highest BCUT2D eigenvalue weighted by molar-refractivity contribution is 9.10. The van der Waals surface area contributed by atoms with Crippen molar-refractivity contribution in [2.24, 2.45) is 0 Å². The van der Waals surface area contributed by atoms with E-state index in [0.29, 0.717) is 38.7 Å². The Labute approximate surface area is 213 Å². The molecule has 0 aliphatic carbocycles. The van der Waals surface area contributed by atoms with E-state index in [1.165, 1.54) is 7.11 Å². The molecule has 0 aliphatic heterocycles. The zero-order valence-electron chi connectivity index (χ0n) is 20.2. The molecule has 35 heavy (non-hydrogen) atoms. The lowest BCUT2D eigenvalue weighted by molar-refractivity contribution is 0.0989. The molecule has 0 spiro atoms. The Bertz CT molecular complexity index is 1390. The van der Waals surface area contributed by atoms with E-state index in [1.807, 2.05) is 42.5 Å². The van der Waals surface area contributed by atoms with Gasteiger partial charge < -0.3 is 23.8 Å². The molecule has 0 saturated heterocycles. The number of halogens is 1. The average Bonchev–Trinajstić information content (AvgIpc) is 2.90. The number of hydrogen-bond acceptors (Lipinski definition) is 5. The van der Waals surface area contributed by atoms with Crippen molar-refractivity contribution in [3.63, 3.8) is 0 Å². The fourth-order valence-electron chi connectivity index (χ4n) is 4.20. The number of benzene rings is 4. The molecule has 1 amide bonds. The number of carbonyl (C=O) groups excluding carboxylic acids is 1. The minimum absolute atomic E-state index is 0.254. The molecular weight excluding hydrogens is 510 g/mol. The molecule has 0 bridgehead atoms. The molecule has 4 aromatic carbocycles. The minimum Gasteiger partial charge on any atom is -0.493 e. The Balaban J connectivity index is 1.94.